The highest BCUT2D eigenvalue weighted by molar-refractivity contribution is 5.92. The molecule has 6 nitrogen and oxygen atoms in total. The SMILES string of the molecule is O=C(N[C@H]1CCCC[C@@H]1O)c1c[nH]c(=O)[nH]1. The van der Waals surface area contributed by atoms with Crippen LogP contribution in [0, 0.1) is 0 Å². The average Bonchev–Trinajstić information content (AvgIpc) is 2.68. The van der Waals surface area contributed by atoms with Gasteiger partial charge in [0.15, 0.2) is 0 Å². The van der Waals surface area contributed by atoms with E-state index in [-0.39, 0.29) is 17.6 Å². The lowest BCUT2D eigenvalue weighted by molar-refractivity contribution is 0.0714. The van der Waals surface area contributed by atoms with Gasteiger partial charge in [-0.2, -0.15) is 0 Å². The van der Waals surface area contributed by atoms with E-state index in [2.05, 4.69) is 15.3 Å². The molecule has 0 spiro atoms. The normalized spacial score (nSPS) is 25.3. The van der Waals surface area contributed by atoms with Gasteiger partial charge < -0.3 is 20.4 Å². The van der Waals surface area contributed by atoms with E-state index < -0.39 is 11.8 Å². The van der Waals surface area contributed by atoms with Crippen LogP contribution in [-0.4, -0.2) is 33.1 Å². The molecule has 0 radical (unpaired) electrons. The van der Waals surface area contributed by atoms with E-state index in [4.69, 9.17) is 0 Å². The monoisotopic (exact) mass is 225 g/mol. The summed E-state index contributed by atoms with van der Waals surface area (Å²) in [6, 6.07) is -0.209. The molecule has 1 aromatic rings. The molecule has 1 fully saturated rings. The fraction of sp³-hybridized carbons (Fsp3) is 0.600. The van der Waals surface area contributed by atoms with Crippen molar-refractivity contribution in [3.05, 3.63) is 22.4 Å². The maximum atomic E-state index is 11.7. The van der Waals surface area contributed by atoms with Crippen LogP contribution in [0.15, 0.2) is 11.0 Å². The van der Waals surface area contributed by atoms with Gasteiger partial charge in [0.05, 0.1) is 12.1 Å². The third-order valence-corrected chi connectivity index (χ3v) is 2.89. The van der Waals surface area contributed by atoms with Crippen molar-refractivity contribution < 1.29 is 9.90 Å². The van der Waals surface area contributed by atoms with Crippen molar-refractivity contribution in [1.82, 2.24) is 15.3 Å². The van der Waals surface area contributed by atoms with Crippen LogP contribution < -0.4 is 11.0 Å². The molecule has 16 heavy (non-hydrogen) atoms. The number of aromatic amines is 2. The lowest BCUT2D eigenvalue weighted by Crippen LogP contribution is -2.45. The number of aliphatic hydroxyl groups excluding tert-OH is 1. The number of hydrogen-bond acceptors (Lipinski definition) is 3. The van der Waals surface area contributed by atoms with Crippen LogP contribution in [0.1, 0.15) is 36.2 Å². The summed E-state index contributed by atoms with van der Waals surface area (Å²) >= 11 is 0. The van der Waals surface area contributed by atoms with Gasteiger partial charge in [-0.15, -0.1) is 0 Å². The molecule has 0 aliphatic heterocycles. The van der Waals surface area contributed by atoms with Crippen molar-refractivity contribution in [2.45, 2.75) is 37.8 Å². The van der Waals surface area contributed by atoms with Crippen LogP contribution in [0.2, 0.25) is 0 Å². The highest BCUT2D eigenvalue weighted by Gasteiger charge is 2.25. The number of rotatable bonds is 2. The Bertz CT molecular complexity index is 423. The van der Waals surface area contributed by atoms with E-state index in [1.807, 2.05) is 0 Å². The molecule has 4 N–H and O–H groups in total. The van der Waals surface area contributed by atoms with Crippen LogP contribution in [0.3, 0.4) is 0 Å². The summed E-state index contributed by atoms with van der Waals surface area (Å²) in [5.74, 6) is -0.357. The molecule has 1 aliphatic carbocycles. The first kappa shape index (κ1) is 10.9. The molecule has 1 aliphatic rings. The first-order chi connectivity index (χ1) is 7.66. The molecule has 1 saturated carbocycles. The van der Waals surface area contributed by atoms with Gasteiger partial charge in [-0.05, 0) is 12.8 Å². The lowest BCUT2D eigenvalue weighted by atomic mass is 9.92. The molecular formula is C10H15N3O3. The standard InChI is InChI=1S/C10H15N3O3/c14-8-4-2-1-3-6(8)12-9(15)7-5-11-10(16)13-7/h5-6,8,14H,1-4H2,(H,12,15)(H2,11,13,16)/t6-,8-/m0/s1. The number of nitrogens with one attached hydrogen (secondary N) is 3. The zero-order valence-corrected chi connectivity index (χ0v) is 8.82. The van der Waals surface area contributed by atoms with Gasteiger partial charge in [0.1, 0.15) is 5.69 Å². The molecule has 0 unspecified atom stereocenters. The highest BCUT2D eigenvalue weighted by Crippen LogP contribution is 2.18. The summed E-state index contributed by atoms with van der Waals surface area (Å²) in [4.78, 5) is 27.2. The Labute approximate surface area is 92.1 Å². The molecule has 2 rings (SSSR count). The van der Waals surface area contributed by atoms with Gasteiger partial charge in [0.2, 0.25) is 0 Å². The lowest BCUT2D eigenvalue weighted by Gasteiger charge is -2.28. The molecule has 2 atom stereocenters. The molecule has 1 amide bonds. The van der Waals surface area contributed by atoms with Gasteiger partial charge in [-0.1, -0.05) is 12.8 Å². The van der Waals surface area contributed by atoms with Crippen molar-refractivity contribution in [3.63, 3.8) is 0 Å². The Hall–Kier alpha value is -1.56. The van der Waals surface area contributed by atoms with Gasteiger partial charge in [-0.25, -0.2) is 4.79 Å². The van der Waals surface area contributed by atoms with Gasteiger partial charge in [0.25, 0.3) is 5.91 Å². The van der Waals surface area contributed by atoms with Crippen molar-refractivity contribution >= 4 is 5.91 Å². The maximum Gasteiger partial charge on any atom is 0.323 e. The number of aromatic nitrogens is 2. The van der Waals surface area contributed by atoms with Crippen LogP contribution in [0.4, 0.5) is 0 Å². The van der Waals surface area contributed by atoms with Gasteiger partial charge >= 0.3 is 5.69 Å². The Balaban J connectivity index is 1.98. The average molecular weight is 225 g/mol. The Morgan fingerprint density at radius 1 is 1.44 bits per heavy atom. The van der Waals surface area contributed by atoms with Crippen molar-refractivity contribution in [1.29, 1.82) is 0 Å². The number of aliphatic hydroxyl groups is 1. The minimum atomic E-state index is -0.483. The quantitative estimate of drug-likeness (QED) is 0.558. The Morgan fingerprint density at radius 2 is 2.19 bits per heavy atom. The number of H-pyrrole nitrogens is 2. The predicted octanol–water partition coefficient (Wildman–Crippen LogP) is -0.264. The third kappa shape index (κ3) is 2.33. The smallest absolute Gasteiger partial charge is 0.323 e. The molecule has 0 bridgehead atoms. The topological polar surface area (TPSA) is 98.0 Å². The maximum absolute atomic E-state index is 11.7. The zero-order chi connectivity index (χ0) is 11.5. The van der Waals surface area contributed by atoms with Crippen molar-refractivity contribution in [2.24, 2.45) is 0 Å². The second-order valence-electron chi connectivity index (χ2n) is 4.09. The van der Waals surface area contributed by atoms with Gasteiger partial charge in [-0.3, -0.25) is 4.79 Å². The molecule has 6 heteroatoms. The number of carbonyl (C=O) groups excluding carboxylic acids is 1. The summed E-state index contributed by atoms with van der Waals surface area (Å²) < 4.78 is 0. The second kappa shape index (κ2) is 4.52. The number of imidazole rings is 1. The van der Waals surface area contributed by atoms with E-state index in [0.717, 1.165) is 19.3 Å². The van der Waals surface area contributed by atoms with Crippen LogP contribution in [0.25, 0.3) is 0 Å². The molecule has 0 saturated heterocycles. The van der Waals surface area contributed by atoms with Crippen LogP contribution >= 0.6 is 0 Å². The summed E-state index contributed by atoms with van der Waals surface area (Å²) in [5, 5.41) is 12.4. The minimum Gasteiger partial charge on any atom is -0.391 e. The first-order valence-electron chi connectivity index (χ1n) is 5.43. The third-order valence-electron chi connectivity index (χ3n) is 2.89. The van der Waals surface area contributed by atoms with E-state index in [1.165, 1.54) is 6.20 Å². The van der Waals surface area contributed by atoms with Crippen molar-refractivity contribution in [2.75, 3.05) is 0 Å². The predicted molar refractivity (Wildman–Crippen MR) is 57.1 cm³/mol. The summed E-state index contributed by atoms with van der Waals surface area (Å²) in [7, 11) is 0. The number of hydrogen-bond donors (Lipinski definition) is 4. The van der Waals surface area contributed by atoms with Crippen LogP contribution in [0.5, 0.6) is 0 Å². The second-order valence-corrected chi connectivity index (χ2v) is 4.09. The fourth-order valence-corrected chi connectivity index (χ4v) is 1.98. The molecule has 88 valence electrons. The Morgan fingerprint density at radius 3 is 2.81 bits per heavy atom. The molecular weight excluding hydrogens is 210 g/mol. The first-order valence-corrected chi connectivity index (χ1v) is 5.43. The van der Waals surface area contributed by atoms with E-state index in [9.17, 15) is 14.7 Å². The Kier molecular flexibility index (Phi) is 3.09. The largest absolute Gasteiger partial charge is 0.391 e. The molecule has 1 aromatic heterocycles. The van der Waals surface area contributed by atoms with Crippen molar-refractivity contribution in [3.8, 4) is 0 Å². The summed E-state index contributed by atoms with van der Waals surface area (Å²) in [6.45, 7) is 0. The zero-order valence-electron chi connectivity index (χ0n) is 8.82. The molecule has 0 aromatic carbocycles. The summed E-state index contributed by atoms with van der Waals surface area (Å²) in [6.07, 6.45) is 4.34. The summed E-state index contributed by atoms with van der Waals surface area (Å²) in [5.41, 5.74) is -0.211. The van der Waals surface area contributed by atoms with E-state index in [1.54, 1.807) is 0 Å². The van der Waals surface area contributed by atoms with Gasteiger partial charge in [0, 0.05) is 6.20 Å². The minimum absolute atomic E-state index is 0.197. The van der Waals surface area contributed by atoms with E-state index >= 15 is 0 Å². The number of carbonyl (C=O) groups is 1. The fourth-order valence-electron chi connectivity index (χ4n) is 1.98. The highest BCUT2D eigenvalue weighted by atomic mass is 16.3. The van der Waals surface area contributed by atoms with E-state index in [0.29, 0.717) is 6.42 Å². The number of amides is 1. The van der Waals surface area contributed by atoms with Crippen LogP contribution in [-0.2, 0) is 0 Å². The molecule has 1 heterocycles.